The SMILES string of the molecule is CCC(CCO)CNS(=O)(=O)N(CC)CC. The normalized spacial score (nSPS) is 14.3. The minimum Gasteiger partial charge on any atom is -0.396 e. The Labute approximate surface area is 99.0 Å². The predicted molar refractivity (Wildman–Crippen MR) is 65.3 cm³/mol. The Morgan fingerprint density at radius 2 is 1.81 bits per heavy atom. The van der Waals surface area contributed by atoms with E-state index < -0.39 is 10.2 Å². The lowest BCUT2D eigenvalue weighted by molar-refractivity contribution is 0.254. The van der Waals surface area contributed by atoms with E-state index in [1.807, 2.05) is 20.8 Å². The van der Waals surface area contributed by atoms with Gasteiger partial charge in [-0.15, -0.1) is 0 Å². The zero-order chi connectivity index (χ0) is 12.6. The molecule has 0 saturated heterocycles. The summed E-state index contributed by atoms with van der Waals surface area (Å²) in [5, 5.41) is 8.81. The van der Waals surface area contributed by atoms with E-state index in [4.69, 9.17) is 5.11 Å². The van der Waals surface area contributed by atoms with Crippen LogP contribution in [0.1, 0.15) is 33.6 Å². The maximum atomic E-state index is 11.8. The molecule has 6 heteroatoms. The minimum absolute atomic E-state index is 0.103. The van der Waals surface area contributed by atoms with E-state index in [0.29, 0.717) is 26.1 Å². The molecule has 0 bridgehead atoms. The fraction of sp³-hybridized carbons (Fsp3) is 1.00. The van der Waals surface area contributed by atoms with Crippen molar-refractivity contribution in [1.29, 1.82) is 0 Å². The number of hydrogen-bond acceptors (Lipinski definition) is 3. The van der Waals surface area contributed by atoms with Crippen LogP contribution < -0.4 is 4.72 Å². The average molecular weight is 252 g/mol. The smallest absolute Gasteiger partial charge is 0.279 e. The van der Waals surface area contributed by atoms with Crippen LogP contribution in [-0.4, -0.2) is 44.1 Å². The van der Waals surface area contributed by atoms with Crippen LogP contribution in [0.3, 0.4) is 0 Å². The Kier molecular flexibility index (Phi) is 7.91. The van der Waals surface area contributed by atoms with Gasteiger partial charge in [-0.3, -0.25) is 0 Å². The summed E-state index contributed by atoms with van der Waals surface area (Å²) in [6.45, 7) is 7.07. The second-order valence-electron chi connectivity index (χ2n) is 3.72. The molecule has 1 atom stereocenters. The van der Waals surface area contributed by atoms with Gasteiger partial charge in [0.2, 0.25) is 0 Å². The summed E-state index contributed by atoms with van der Waals surface area (Å²) in [4.78, 5) is 0. The second kappa shape index (κ2) is 8.00. The molecular formula is C10H24N2O3S. The second-order valence-corrected chi connectivity index (χ2v) is 5.48. The summed E-state index contributed by atoms with van der Waals surface area (Å²) in [5.41, 5.74) is 0. The molecule has 98 valence electrons. The lowest BCUT2D eigenvalue weighted by Crippen LogP contribution is -2.42. The molecule has 0 radical (unpaired) electrons. The molecule has 0 saturated carbocycles. The van der Waals surface area contributed by atoms with Gasteiger partial charge in [0.05, 0.1) is 0 Å². The van der Waals surface area contributed by atoms with Gasteiger partial charge in [-0.2, -0.15) is 12.7 Å². The highest BCUT2D eigenvalue weighted by molar-refractivity contribution is 7.87. The van der Waals surface area contributed by atoms with Crippen molar-refractivity contribution in [3.05, 3.63) is 0 Å². The molecule has 0 fully saturated rings. The Hall–Kier alpha value is -0.170. The first-order valence-corrected chi connectivity index (χ1v) is 7.31. The highest BCUT2D eigenvalue weighted by Crippen LogP contribution is 2.07. The third kappa shape index (κ3) is 5.25. The van der Waals surface area contributed by atoms with Gasteiger partial charge in [-0.05, 0) is 12.3 Å². The number of aliphatic hydroxyl groups is 1. The number of hydrogen-bond donors (Lipinski definition) is 2. The van der Waals surface area contributed by atoms with E-state index in [0.717, 1.165) is 6.42 Å². The first kappa shape index (κ1) is 15.8. The lowest BCUT2D eigenvalue weighted by atomic mass is 10.0. The van der Waals surface area contributed by atoms with Gasteiger partial charge in [0, 0.05) is 26.2 Å². The van der Waals surface area contributed by atoms with Crippen LogP contribution in [0, 0.1) is 5.92 Å². The van der Waals surface area contributed by atoms with Crippen LogP contribution in [-0.2, 0) is 10.2 Å². The summed E-state index contributed by atoms with van der Waals surface area (Å²) in [6.07, 6.45) is 1.50. The number of nitrogens with zero attached hydrogens (tertiary/aromatic N) is 1. The molecule has 0 aliphatic heterocycles. The topological polar surface area (TPSA) is 69.6 Å². The molecule has 1 unspecified atom stereocenters. The number of rotatable bonds is 9. The molecule has 0 spiro atoms. The fourth-order valence-corrected chi connectivity index (χ4v) is 2.82. The maximum Gasteiger partial charge on any atom is 0.279 e. The van der Waals surface area contributed by atoms with Crippen molar-refractivity contribution in [2.24, 2.45) is 5.92 Å². The largest absolute Gasteiger partial charge is 0.396 e. The molecule has 0 aromatic rings. The van der Waals surface area contributed by atoms with Gasteiger partial charge in [0.1, 0.15) is 0 Å². The van der Waals surface area contributed by atoms with Crippen LogP contribution in [0.5, 0.6) is 0 Å². The molecule has 16 heavy (non-hydrogen) atoms. The monoisotopic (exact) mass is 252 g/mol. The first-order chi connectivity index (χ1) is 7.51. The molecule has 0 amide bonds. The summed E-state index contributed by atoms with van der Waals surface area (Å²) in [7, 11) is -3.34. The van der Waals surface area contributed by atoms with E-state index in [9.17, 15) is 8.42 Å². The van der Waals surface area contributed by atoms with E-state index in [1.54, 1.807) is 0 Å². The third-order valence-electron chi connectivity index (χ3n) is 2.71. The van der Waals surface area contributed by atoms with Crippen molar-refractivity contribution in [2.45, 2.75) is 33.6 Å². The quantitative estimate of drug-likeness (QED) is 0.630. The highest BCUT2D eigenvalue weighted by atomic mass is 32.2. The van der Waals surface area contributed by atoms with Crippen molar-refractivity contribution in [2.75, 3.05) is 26.2 Å². The molecular weight excluding hydrogens is 228 g/mol. The summed E-state index contributed by atoms with van der Waals surface area (Å²) >= 11 is 0. The Morgan fingerprint density at radius 1 is 1.25 bits per heavy atom. The van der Waals surface area contributed by atoms with E-state index >= 15 is 0 Å². The van der Waals surface area contributed by atoms with E-state index in [1.165, 1.54) is 4.31 Å². The van der Waals surface area contributed by atoms with Gasteiger partial charge >= 0.3 is 0 Å². The third-order valence-corrected chi connectivity index (χ3v) is 4.44. The zero-order valence-electron chi connectivity index (χ0n) is 10.4. The standard InChI is InChI=1S/C10H24N2O3S/c1-4-10(7-8-13)9-11-16(14,15)12(5-2)6-3/h10-11,13H,4-9H2,1-3H3. The van der Waals surface area contributed by atoms with E-state index in [2.05, 4.69) is 4.72 Å². The van der Waals surface area contributed by atoms with Crippen LogP contribution in [0.25, 0.3) is 0 Å². The summed E-state index contributed by atoms with van der Waals surface area (Å²) in [5.74, 6) is 0.204. The molecule has 0 aliphatic rings. The number of nitrogens with one attached hydrogen (secondary N) is 1. The van der Waals surface area contributed by atoms with Crippen molar-refractivity contribution in [3.8, 4) is 0 Å². The molecule has 5 nitrogen and oxygen atoms in total. The molecule has 0 aromatic carbocycles. The van der Waals surface area contributed by atoms with Crippen LogP contribution in [0.4, 0.5) is 0 Å². The molecule has 0 aromatic heterocycles. The van der Waals surface area contributed by atoms with Crippen LogP contribution in [0.2, 0.25) is 0 Å². The van der Waals surface area contributed by atoms with Crippen molar-refractivity contribution >= 4 is 10.2 Å². The number of aliphatic hydroxyl groups excluding tert-OH is 1. The highest BCUT2D eigenvalue weighted by Gasteiger charge is 2.19. The zero-order valence-corrected chi connectivity index (χ0v) is 11.3. The Balaban J connectivity index is 4.26. The molecule has 2 N–H and O–H groups in total. The Bertz CT molecular complexity index is 263. The van der Waals surface area contributed by atoms with Gasteiger partial charge in [0.25, 0.3) is 10.2 Å². The van der Waals surface area contributed by atoms with Crippen molar-refractivity contribution < 1.29 is 13.5 Å². The molecule has 0 rings (SSSR count). The van der Waals surface area contributed by atoms with Gasteiger partial charge < -0.3 is 5.11 Å². The Morgan fingerprint density at radius 3 is 2.19 bits per heavy atom. The van der Waals surface area contributed by atoms with Gasteiger partial charge in [-0.1, -0.05) is 27.2 Å². The van der Waals surface area contributed by atoms with Crippen LogP contribution in [0.15, 0.2) is 0 Å². The fourth-order valence-electron chi connectivity index (χ4n) is 1.51. The first-order valence-electron chi connectivity index (χ1n) is 5.87. The lowest BCUT2D eigenvalue weighted by Gasteiger charge is -2.21. The van der Waals surface area contributed by atoms with E-state index in [-0.39, 0.29) is 12.5 Å². The predicted octanol–water partition coefficient (Wildman–Crippen LogP) is 0.571. The van der Waals surface area contributed by atoms with Gasteiger partial charge in [0.15, 0.2) is 0 Å². The van der Waals surface area contributed by atoms with Crippen molar-refractivity contribution in [1.82, 2.24) is 9.03 Å². The minimum atomic E-state index is -3.34. The van der Waals surface area contributed by atoms with Crippen molar-refractivity contribution in [3.63, 3.8) is 0 Å². The molecule has 0 heterocycles. The average Bonchev–Trinajstić information content (AvgIpc) is 2.25. The molecule has 0 aliphatic carbocycles. The summed E-state index contributed by atoms with van der Waals surface area (Å²) in [6, 6.07) is 0. The maximum absolute atomic E-state index is 11.8. The van der Waals surface area contributed by atoms with Crippen LogP contribution >= 0.6 is 0 Å². The summed E-state index contributed by atoms with van der Waals surface area (Å²) < 4.78 is 27.5. The van der Waals surface area contributed by atoms with Gasteiger partial charge in [-0.25, -0.2) is 4.72 Å².